The molecule has 0 atom stereocenters. The summed E-state index contributed by atoms with van der Waals surface area (Å²) >= 11 is 5.89. The lowest BCUT2D eigenvalue weighted by molar-refractivity contribution is 0.102. The molecule has 3 aromatic carbocycles. The quantitative estimate of drug-likeness (QED) is 0.687. The number of anilines is 1. The largest absolute Gasteiger partial charge is 0.507 e. The minimum atomic E-state index is -0.242. The van der Waals surface area contributed by atoms with E-state index in [1.54, 1.807) is 42.5 Å². The molecular weight excluding hydrogens is 286 g/mol. The van der Waals surface area contributed by atoms with Crippen LogP contribution >= 0.6 is 11.6 Å². The molecule has 0 aliphatic carbocycles. The molecular formula is C17H12ClNO2. The number of fused-ring (bicyclic) bond motifs is 1. The van der Waals surface area contributed by atoms with Gasteiger partial charge < -0.3 is 10.4 Å². The van der Waals surface area contributed by atoms with E-state index >= 15 is 0 Å². The van der Waals surface area contributed by atoms with Crippen LogP contribution in [0.1, 0.15) is 10.4 Å². The van der Waals surface area contributed by atoms with E-state index in [0.29, 0.717) is 21.7 Å². The van der Waals surface area contributed by atoms with Crippen molar-refractivity contribution in [3.05, 3.63) is 71.2 Å². The highest BCUT2D eigenvalue weighted by Gasteiger charge is 2.10. The Morgan fingerprint density at radius 1 is 0.952 bits per heavy atom. The topological polar surface area (TPSA) is 49.3 Å². The number of phenols is 1. The Bertz CT molecular complexity index is 830. The van der Waals surface area contributed by atoms with E-state index in [1.165, 1.54) is 0 Å². The number of amides is 1. The first-order valence-corrected chi connectivity index (χ1v) is 6.80. The summed E-state index contributed by atoms with van der Waals surface area (Å²) in [7, 11) is 0. The summed E-state index contributed by atoms with van der Waals surface area (Å²) in [6.07, 6.45) is 0. The highest BCUT2D eigenvalue weighted by Crippen LogP contribution is 2.30. The van der Waals surface area contributed by atoms with E-state index in [-0.39, 0.29) is 11.7 Å². The summed E-state index contributed by atoms with van der Waals surface area (Å²) in [5.74, 6) is -0.0558. The van der Waals surface area contributed by atoms with Gasteiger partial charge in [0.15, 0.2) is 0 Å². The van der Waals surface area contributed by atoms with Crippen molar-refractivity contribution in [2.45, 2.75) is 0 Å². The van der Waals surface area contributed by atoms with Crippen LogP contribution in [-0.2, 0) is 0 Å². The summed E-state index contributed by atoms with van der Waals surface area (Å²) in [5.41, 5.74) is 1.13. The molecule has 3 nitrogen and oxygen atoms in total. The molecule has 0 aliphatic rings. The Morgan fingerprint density at radius 2 is 1.71 bits per heavy atom. The summed E-state index contributed by atoms with van der Waals surface area (Å²) in [5, 5.41) is 14.7. The third-order valence-electron chi connectivity index (χ3n) is 3.24. The van der Waals surface area contributed by atoms with Gasteiger partial charge in [0.1, 0.15) is 5.75 Å². The van der Waals surface area contributed by atoms with Crippen molar-refractivity contribution in [3.8, 4) is 5.75 Å². The van der Waals surface area contributed by atoms with E-state index in [2.05, 4.69) is 5.32 Å². The lowest BCUT2D eigenvalue weighted by atomic mass is 10.1. The standard InChI is InChI=1S/C17H12ClNO2/c18-12-5-3-4-11(10-12)17(21)19-15-8-9-16(20)14-7-2-1-6-13(14)15/h1-10,20H,(H,19,21). The number of hydrogen-bond donors (Lipinski definition) is 2. The fourth-order valence-electron chi connectivity index (χ4n) is 2.22. The number of nitrogens with one attached hydrogen (secondary N) is 1. The first-order chi connectivity index (χ1) is 10.1. The predicted molar refractivity (Wildman–Crippen MR) is 85.0 cm³/mol. The molecule has 21 heavy (non-hydrogen) atoms. The highest BCUT2D eigenvalue weighted by atomic mass is 35.5. The van der Waals surface area contributed by atoms with Gasteiger partial charge in [-0.05, 0) is 30.3 Å². The van der Waals surface area contributed by atoms with Crippen LogP contribution in [0.25, 0.3) is 10.8 Å². The van der Waals surface area contributed by atoms with Crippen LogP contribution in [0.5, 0.6) is 5.75 Å². The molecule has 1 amide bonds. The molecule has 3 rings (SSSR count). The van der Waals surface area contributed by atoms with Crippen molar-refractivity contribution in [3.63, 3.8) is 0 Å². The summed E-state index contributed by atoms with van der Waals surface area (Å²) in [4.78, 5) is 12.3. The van der Waals surface area contributed by atoms with E-state index in [4.69, 9.17) is 11.6 Å². The molecule has 0 heterocycles. The minimum absolute atomic E-state index is 0.186. The van der Waals surface area contributed by atoms with Gasteiger partial charge in [-0.3, -0.25) is 4.79 Å². The van der Waals surface area contributed by atoms with Crippen LogP contribution in [0.4, 0.5) is 5.69 Å². The van der Waals surface area contributed by atoms with Gasteiger partial charge in [-0.25, -0.2) is 0 Å². The normalized spacial score (nSPS) is 10.5. The fourth-order valence-corrected chi connectivity index (χ4v) is 2.41. The third-order valence-corrected chi connectivity index (χ3v) is 3.47. The summed E-state index contributed by atoms with van der Waals surface area (Å²) in [6, 6.07) is 17.4. The van der Waals surface area contributed by atoms with Crippen molar-refractivity contribution < 1.29 is 9.90 Å². The number of halogens is 1. The van der Waals surface area contributed by atoms with Gasteiger partial charge in [-0.15, -0.1) is 0 Å². The van der Waals surface area contributed by atoms with Crippen LogP contribution < -0.4 is 5.32 Å². The van der Waals surface area contributed by atoms with Crippen LogP contribution in [0, 0.1) is 0 Å². The molecule has 0 radical (unpaired) electrons. The van der Waals surface area contributed by atoms with Gasteiger partial charge in [0.2, 0.25) is 0 Å². The van der Waals surface area contributed by atoms with Gasteiger partial charge in [0.25, 0.3) is 5.91 Å². The zero-order valence-electron chi connectivity index (χ0n) is 11.0. The molecule has 0 bridgehead atoms. The number of hydrogen-bond acceptors (Lipinski definition) is 2. The minimum Gasteiger partial charge on any atom is -0.507 e. The van der Waals surface area contributed by atoms with Gasteiger partial charge in [-0.2, -0.15) is 0 Å². The Balaban J connectivity index is 1.99. The Morgan fingerprint density at radius 3 is 2.48 bits per heavy atom. The maximum absolute atomic E-state index is 12.3. The summed E-state index contributed by atoms with van der Waals surface area (Å²) in [6.45, 7) is 0. The van der Waals surface area contributed by atoms with E-state index in [9.17, 15) is 9.90 Å². The molecule has 0 saturated heterocycles. The molecule has 0 unspecified atom stereocenters. The predicted octanol–water partition coefficient (Wildman–Crippen LogP) is 4.45. The Kier molecular flexibility index (Phi) is 3.50. The molecule has 0 spiro atoms. The smallest absolute Gasteiger partial charge is 0.255 e. The van der Waals surface area contributed by atoms with Crippen LogP contribution in [0.2, 0.25) is 5.02 Å². The summed E-state index contributed by atoms with van der Waals surface area (Å²) < 4.78 is 0. The average Bonchev–Trinajstić information content (AvgIpc) is 2.50. The van der Waals surface area contributed by atoms with Crippen LogP contribution in [0.15, 0.2) is 60.7 Å². The zero-order valence-corrected chi connectivity index (χ0v) is 11.8. The van der Waals surface area contributed by atoms with Crippen LogP contribution in [-0.4, -0.2) is 11.0 Å². The van der Waals surface area contributed by atoms with Crippen molar-refractivity contribution in [2.75, 3.05) is 5.32 Å². The van der Waals surface area contributed by atoms with Crippen molar-refractivity contribution in [1.29, 1.82) is 0 Å². The lowest BCUT2D eigenvalue weighted by Crippen LogP contribution is -2.12. The molecule has 0 saturated carbocycles. The second-order valence-corrected chi connectivity index (χ2v) is 5.08. The van der Waals surface area contributed by atoms with Crippen molar-refractivity contribution in [2.24, 2.45) is 0 Å². The van der Waals surface area contributed by atoms with Gasteiger partial charge >= 0.3 is 0 Å². The first-order valence-electron chi connectivity index (χ1n) is 6.43. The molecule has 0 fully saturated rings. The van der Waals surface area contributed by atoms with Crippen molar-refractivity contribution in [1.82, 2.24) is 0 Å². The Labute approximate surface area is 126 Å². The second kappa shape index (κ2) is 5.46. The molecule has 104 valence electrons. The number of phenolic OH excluding ortho intramolecular Hbond substituents is 1. The van der Waals surface area contributed by atoms with Gasteiger partial charge in [0, 0.05) is 27.0 Å². The maximum Gasteiger partial charge on any atom is 0.255 e. The van der Waals surface area contributed by atoms with Crippen LogP contribution in [0.3, 0.4) is 0 Å². The molecule has 2 N–H and O–H groups in total. The molecule has 0 aliphatic heterocycles. The van der Waals surface area contributed by atoms with E-state index in [1.807, 2.05) is 18.2 Å². The highest BCUT2D eigenvalue weighted by molar-refractivity contribution is 6.31. The lowest BCUT2D eigenvalue weighted by Gasteiger charge is -2.10. The number of rotatable bonds is 2. The molecule has 0 aromatic heterocycles. The third kappa shape index (κ3) is 2.69. The van der Waals surface area contributed by atoms with E-state index < -0.39 is 0 Å². The fraction of sp³-hybridized carbons (Fsp3) is 0. The SMILES string of the molecule is O=C(Nc1ccc(O)c2ccccc12)c1cccc(Cl)c1. The monoisotopic (exact) mass is 297 g/mol. The number of carbonyl (C=O) groups is 1. The Hall–Kier alpha value is -2.52. The first kappa shape index (κ1) is 13.5. The van der Waals surface area contributed by atoms with Gasteiger partial charge in [-0.1, -0.05) is 41.9 Å². The second-order valence-electron chi connectivity index (χ2n) is 4.64. The molecule has 4 heteroatoms. The number of aromatic hydroxyl groups is 1. The van der Waals surface area contributed by atoms with E-state index in [0.717, 1.165) is 5.39 Å². The van der Waals surface area contributed by atoms with Gasteiger partial charge in [0.05, 0.1) is 0 Å². The zero-order chi connectivity index (χ0) is 14.8. The maximum atomic E-state index is 12.3. The number of carbonyl (C=O) groups excluding carboxylic acids is 1. The van der Waals surface area contributed by atoms with Crippen molar-refractivity contribution >= 4 is 34.0 Å². The average molecular weight is 298 g/mol. The number of benzene rings is 3. The molecule has 3 aromatic rings.